The molecule has 5 nitrogen and oxygen atoms in total. The normalized spacial score (nSPS) is 22.9. The van der Waals surface area contributed by atoms with Crippen LogP contribution in [0.2, 0.25) is 0 Å². The largest absolute Gasteiger partial charge is 0.409 e. The second-order valence-corrected chi connectivity index (χ2v) is 5.62. The summed E-state index contributed by atoms with van der Waals surface area (Å²) in [5.41, 5.74) is 6.05. The molecule has 0 heterocycles. The molecule has 21 heavy (non-hydrogen) atoms. The summed E-state index contributed by atoms with van der Waals surface area (Å²) in [6.07, 6.45) is 3.78. The number of anilines is 1. The molecule has 4 N–H and O–H groups in total. The van der Waals surface area contributed by atoms with Gasteiger partial charge in [-0.05, 0) is 49.8 Å². The van der Waals surface area contributed by atoms with Gasteiger partial charge in [0.15, 0.2) is 5.84 Å². The SMILES string of the molecule is CC1CCC(C(=O)Nc2ccc(F)cc2/C(N)=N/O)CC1. The fourth-order valence-electron chi connectivity index (χ4n) is 2.65. The minimum absolute atomic E-state index is 0.0357. The predicted molar refractivity (Wildman–Crippen MR) is 78.7 cm³/mol. The van der Waals surface area contributed by atoms with Crippen LogP contribution < -0.4 is 11.1 Å². The Kier molecular flexibility index (Phi) is 4.77. The second kappa shape index (κ2) is 6.56. The molecule has 1 aliphatic carbocycles. The number of benzene rings is 1. The molecule has 1 aliphatic rings. The number of nitrogens with one attached hydrogen (secondary N) is 1. The van der Waals surface area contributed by atoms with E-state index >= 15 is 0 Å². The molecule has 0 unspecified atom stereocenters. The lowest BCUT2D eigenvalue weighted by Gasteiger charge is -2.25. The lowest BCUT2D eigenvalue weighted by Crippen LogP contribution is -2.28. The Morgan fingerprint density at radius 2 is 2.05 bits per heavy atom. The van der Waals surface area contributed by atoms with Crippen molar-refractivity contribution in [1.82, 2.24) is 0 Å². The summed E-state index contributed by atoms with van der Waals surface area (Å²) in [5, 5.41) is 14.4. The van der Waals surface area contributed by atoms with Crippen LogP contribution in [0.3, 0.4) is 0 Å². The van der Waals surface area contributed by atoms with Gasteiger partial charge in [-0.15, -0.1) is 0 Å². The van der Waals surface area contributed by atoms with Crippen LogP contribution in [0.1, 0.15) is 38.2 Å². The standard InChI is InChI=1S/C15H20FN3O2/c1-9-2-4-10(5-3-9)15(20)18-13-7-6-11(16)8-12(13)14(17)19-21/h6-10,21H,2-5H2,1H3,(H2,17,19)(H,18,20). The van der Waals surface area contributed by atoms with E-state index in [0.717, 1.165) is 31.7 Å². The third kappa shape index (κ3) is 3.71. The first-order chi connectivity index (χ1) is 10.0. The van der Waals surface area contributed by atoms with Crippen LogP contribution in [0.25, 0.3) is 0 Å². The highest BCUT2D eigenvalue weighted by Gasteiger charge is 2.25. The number of oxime groups is 1. The first-order valence-corrected chi connectivity index (χ1v) is 7.09. The van der Waals surface area contributed by atoms with Gasteiger partial charge in [0, 0.05) is 11.5 Å². The van der Waals surface area contributed by atoms with E-state index in [2.05, 4.69) is 17.4 Å². The number of carbonyl (C=O) groups is 1. The van der Waals surface area contributed by atoms with E-state index in [4.69, 9.17) is 10.9 Å². The maximum atomic E-state index is 13.3. The third-order valence-corrected chi connectivity index (χ3v) is 4.01. The molecular weight excluding hydrogens is 273 g/mol. The molecule has 0 aliphatic heterocycles. The highest BCUT2D eigenvalue weighted by Crippen LogP contribution is 2.29. The molecule has 1 fully saturated rings. The van der Waals surface area contributed by atoms with Gasteiger partial charge in [-0.2, -0.15) is 0 Å². The van der Waals surface area contributed by atoms with Crippen molar-refractivity contribution >= 4 is 17.4 Å². The number of nitrogens with two attached hydrogens (primary N) is 1. The average Bonchev–Trinajstić information content (AvgIpc) is 2.48. The van der Waals surface area contributed by atoms with E-state index in [0.29, 0.717) is 11.6 Å². The topological polar surface area (TPSA) is 87.7 Å². The van der Waals surface area contributed by atoms with E-state index in [1.165, 1.54) is 12.1 Å². The Bertz CT molecular complexity index is 552. The van der Waals surface area contributed by atoms with Crippen LogP contribution in [0, 0.1) is 17.7 Å². The minimum Gasteiger partial charge on any atom is -0.409 e. The number of carbonyl (C=O) groups excluding carboxylic acids is 1. The highest BCUT2D eigenvalue weighted by molar-refractivity contribution is 6.05. The smallest absolute Gasteiger partial charge is 0.227 e. The molecule has 1 aromatic carbocycles. The molecule has 0 aromatic heterocycles. The Morgan fingerprint density at radius 1 is 1.38 bits per heavy atom. The number of hydrogen-bond acceptors (Lipinski definition) is 3. The lowest BCUT2D eigenvalue weighted by molar-refractivity contribution is -0.121. The van der Waals surface area contributed by atoms with Crippen molar-refractivity contribution in [3.63, 3.8) is 0 Å². The Labute approximate surface area is 123 Å². The van der Waals surface area contributed by atoms with Crippen LogP contribution in [0.5, 0.6) is 0 Å². The van der Waals surface area contributed by atoms with Gasteiger partial charge >= 0.3 is 0 Å². The number of nitrogens with zero attached hydrogens (tertiary/aromatic N) is 1. The highest BCUT2D eigenvalue weighted by atomic mass is 19.1. The maximum absolute atomic E-state index is 13.3. The summed E-state index contributed by atoms with van der Waals surface area (Å²) < 4.78 is 13.3. The summed E-state index contributed by atoms with van der Waals surface area (Å²) in [6.45, 7) is 2.19. The van der Waals surface area contributed by atoms with Gasteiger partial charge in [0.05, 0.1) is 5.69 Å². The van der Waals surface area contributed by atoms with E-state index < -0.39 is 5.82 Å². The molecule has 0 saturated heterocycles. The molecule has 6 heteroatoms. The minimum atomic E-state index is -0.513. The first kappa shape index (κ1) is 15.3. The quantitative estimate of drug-likeness (QED) is 0.346. The molecule has 1 saturated carbocycles. The summed E-state index contributed by atoms with van der Waals surface area (Å²) in [7, 11) is 0. The van der Waals surface area contributed by atoms with Crippen molar-refractivity contribution < 1.29 is 14.4 Å². The Balaban J connectivity index is 2.14. The van der Waals surface area contributed by atoms with Crippen molar-refractivity contribution in [1.29, 1.82) is 0 Å². The molecule has 2 rings (SSSR count). The zero-order valence-electron chi connectivity index (χ0n) is 12.0. The Morgan fingerprint density at radius 3 is 2.67 bits per heavy atom. The average molecular weight is 293 g/mol. The molecule has 0 bridgehead atoms. The van der Waals surface area contributed by atoms with Crippen LogP contribution in [0.15, 0.2) is 23.4 Å². The van der Waals surface area contributed by atoms with Crippen LogP contribution in [0.4, 0.5) is 10.1 Å². The number of hydrogen-bond donors (Lipinski definition) is 3. The summed E-state index contributed by atoms with van der Waals surface area (Å²) >= 11 is 0. The predicted octanol–water partition coefficient (Wildman–Crippen LogP) is 2.69. The number of rotatable bonds is 3. The third-order valence-electron chi connectivity index (χ3n) is 4.01. The van der Waals surface area contributed by atoms with Crippen LogP contribution >= 0.6 is 0 Å². The van der Waals surface area contributed by atoms with Crippen LogP contribution in [-0.2, 0) is 4.79 Å². The van der Waals surface area contributed by atoms with E-state index in [1.807, 2.05) is 0 Å². The molecule has 0 spiro atoms. The molecule has 0 atom stereocenters. The van der Waals surface area contributed by atoms with E-state index in [-0.39, 0.29) is 23.2 Å². The van der Waals surface area contributed by atoms with Gasteiger partial charge in [-0.3, -0.25) is 4.79 Å². The second-order valence-electron chi connectivity index (χ2n) is 5.62. The monoisotopic (exact) mass is 293 g/mol. The van der Waals surface area contributed by atoms with Gasteiger partial charge < -0.3 is 16.3 Å². The fourth-order valence-corrected chi connectivity index (χ4v) is 2.65. The first-order valence-electron chi connectivity index (χ1n) is 7.09. The number of amidine groups is 1. The number of amides is 1. The maximum Gasteiger partial charge on any atom is 0.227 e. The van der Waals surface area contributed by atoms with Crippen molar-refractivity contribution in [3.05, 3.63) is 29.6 Å². The summed E-state index contributed by atoms with van der Waals surface area (Å²) in [5.74, 6) is -0.220. The molecule has 0 radical (unpaired) electrons. The molecule has 114 valence electrons. The van der Waals surface area contributed by atoms with Crippen molar-refractivity contribution in [2.24, 2.45) is 22.7 Å². The zero-order chi connectivity index (χ0) is 15.4. The van der Waals surface area contributed by atoms with E-state index in [9.17, 15) is 9.18 Å². The van der Waals surface area contributed by atoms with Crippen molar-refractivity contribution in [2.75, 3.05) is 5.32 Å². The lowest BCUT2D eigenvalue weighted by atomic mass is 9.82. The zero-order valence-corrected chi connectivity index (χ0v) is 12.0. The molecule has 1 amide bonds. The van der Waals surface area contributed by atoms with Crippen molar-refractivity contribution in [2.45, 2.75) is 32.6 Å². The van der Waals surface area contributed by atoms with Gasteiger partial charge in [-0.1, -0.05) is 12.1 Å². The van der Waals surface area contributed by atoms with Gasteiger partial charge in [0.1, 0.15) is 5.82 Å². The summed E-state index contributed by atoms with van der Waals surface area (Å²) in [4.78, 5) is 12.3. The van der Waals surface area contributed by atoms with Gasteiger partial charge in [0.2, 0.25) is 5.91 Å². The van der Waals surface area contributed by atoms with E-state index in [1.54, 1.807) is 0 Å². The van der Waals surface area contributed by atoms with Gasteiger partial charge in [0.25, 0.3) is 0 Å². The van der Waals surface area contributed by atoms with Crippen molar-refractivity contribution in [3.8, 4) is 0 Å². The van der Waals surface area contributed by atoms with Gasteiger partial charge in [-0.25, -0.2) is 4.39 Å². The fraction of sp³-hybridized carbons (Fsp3) is 0.467. The molecular formula is C15H20FN3O2. The molecule has 1 aromatic rings. The summed E-state index contributed by atoms with van der Waals surface area (Å²) in [6, 6.07) is 3.78. The Hall–Kier alpha value is -2.11. The van der Waals surface area contributed by atoms with Crippen LogP contribution in [-0.4, -0.2) is 17.0 Å². The number of halogens is 1.